The van der Waals surface area contributed by atoms with E-state index in [9.17, 15) is 14.9 Å². The zero-order valence-electron chi connectivity index (χ0n) is 14.1. The quantitative estimate of drug-likeness (QED) is 0.487. The van der Waals surface area contributed by atoms with Gasteiger partial charge >= 0.3 is 0 Å². The molecule has 8 heteroatoms. The summed E-state index contributed by atoms with van der Waals surface area (Å²) in [5.74, 6) is -0.454. The van der Waals surface area contributed by atoms with Gasteiger partial charge in [-0.2, -0.15) is 0 Å². The van der Waals surface area contributed by atoms with Crippen LogP contribution >= 0.6 is 22.9 Å². The number of hydrogen-bond acceptors (Lipinski definition) is 5. The maximum Gasteiger partial charge on any atom is 0.270 e. The topological polar surface area (TPSA) is 85.1 Å². The van der Waals surface area contributed by atoms with Gasteiger partial charge in [0.2, 0.25) is 0 Å². The summed E-state index contributed by atoms with van der Waals surface area (Å²) in [6.45, 7) is 0. The van der Waals surface area contributed by atoms with Crippen molar-refractivity contribution >= 4 is 39.7 Å². The summed E-state index contributed by atoms with van der Waals surface area (Å²) in [5, 5.41) is 15.8. The van der Waals surface area contributed by atoms with Crippen molar-refractivity contribution in [2.45, 2.75) is 19.3 Å². The van der Waals surface area contributed by atoms with Crippen molar-refractivity contribution in [3.8, 4) is 11.3 Å². The minimum absolute atomic E-state index is 0.0251. The Morgan fingerprint density at radius 2 is 2.00 bits per heavy atom. The van der Waals surface area contributed by atoms with Crippen molar-refractivity contribution in [1.82, 2.24) is 4.98 Å². The third-order valence-corrected chi connectivity index (χ3v) is 5.60. The Morgan fingerprint density at radius 1 is 1.19 bits per heavy atom. The molecule has 1 aromatic heterocycles. The zero-order chi connectivity index (χ0) is 19.0. The summed E-state index contributed by atoms with van der Waals surface area (Å²) in [4.78, 5) is 27.1. The molecular weight excluding hydrogens is 386 g/mol. The number of carbonyl (C=O) groups is 1. The van der Waals surface area contributed by atoms with E-state index >= 15 is 0 Å². The van der Waals surface area contributed by atoms with Gasteiger partial charge in [-0.1, -0.05) is 23.7 Å². The molecule has 0 saturated carbocycles. The van der Waals surface area contributed by atoms with E-state index in [2.05, 4.69) is 28.5 Å². The number of non-ortho nitro benzene ring substituents is 1. The van der Waals surface area contributed by atoms with Crippen LogP contribution in [0.15, 0.2) is 41.8 Å². The number of nitrogens with one attached hydrogen (secondary N) is 1. The summed E-state index contributed by atoms with van der Waals surface area (Å²) >= 11 is 7.33. The maximum atomic E-state index is 12.4. The first-order chi connectivity index (χ1) is 13.0. The lowest BCUT2D eigenvalue weighted by molar-refractivity contribution is -0.384. The van der Waals surface area contributed by atoms with Gasteiger partial charge < -0.3 is 0 Å². The number of carbonyl (C=O) groups excluding carboxylic acids is 1. The summed E-state index contributed by atoms with van der Waals surface area (Å²) in [6, 6.07) is 10.1. The molecule has 1 N–H and O–H groups in total. The molecule has 1 amide bonds. The zero-order valence-corrected chi connectivity index (χ0v) is 15.6. The largest absolute Gasteiger partial charge is 0.298 e. The Morgan fingerprint density at radius 3 is 2.78 bits per heavy atom. The van der Waals surface area contributed by atoms with Gasteiger partial charge in [0.1, 0.15) is 0 Å². The van der Waals surface area contributed by atoms with Gasteiger partial charge in [0, 0.05) is 23.1 Å². The van der Waals surface area contributed by atoms with Crippen LogP contribution in [-0.4, -0.2) is 15.8 Å². The predicted octanol–water partition coefficient (Wildman–Crippen LogP) is 5.11. The van der Waals surface area contributed by atoms with Crippen molar-refractivity contribution in [2.24, 2.45) is 0 Å². The van der Waals surface area contributed by atoms with Crippen LogP contribution in [0.3, 0.4) is 0 Å². The Balaban J connectivity index is 1.52. The SMILES string of the molecule is O=C(Nc1nc(-c2ccc3c(c2)CCC3)cs1)c1ccc([N+](=O)[O-])cc1Cl. The smallest absolute Gasteiger partial charge is 0.270 e. The third kappa shape index (κ3) is 3.56. The van der Waals surface area contributed by atoms with Gasteiger partial charge in [0.25, 0.3) is 11.6 Å². The molecule has 6 nitrogen and oxygen atoms in total. The highest BCUT2D eigenvalue weighted by molar-refractivity contribution is 7.14. The number of anilines is 1. The Hall–Kier alpha value is -2.77. The van der Waals surface area contributed by atoms with Crippen LogP contribution in [0, 0.1) is 10.1 Å². The molecule has 0 spiro atoms. The molecule has 0 saturated heterocycles. The second kappa shape index (κ2) is 7.09. The number of aryl methyl sites for hydroxylation is 2. The van der Waals surface area contributed by atoms with E-state index in [0.29, 0.717) is 5.13 Å². The van der Waals surface area contributed by atoms with Crippen LogP contribution in [0.1, 0.15) is 27.9 Å². The van der Waals surface area contributed by atoms with Crippen LogP contribution < -0.4 is 5.32 Å². The minimum Gasteiger partial charge on any atom is -0.298 e. The molecule has 0 atom stereocenters. The van der Waals surface area contributed by atoms with E-state index in [4.69, 9.17) is 11.6 Å². The molecule has 0 aliphatic heterocycles. The summed E-state index contributed by atoms with van der Waals surface area (Å²) in [5.41, 5.74) is 4.60. The van der Waals surface area contributed by atoms with Gasteiger partial charge in [-0.05, 0) is 42.5 Å². The number of thiazole rings is 1. The fraction of sp³-hybridized carbons (Fsp3) is 0.158. The molecule has 0 unspecified atom stereocenters. The molecule has 4 rings (SSSR count). The molecule has 27 heavy (non-hydrogen) atoms. The van der Waals surface area contributed by atoms with E-state index in [-0.39, 0.29) is 16.3 Å². The Bertz CT molecular complexity index is 1060. The molecule has 0 radical (unpaired) electrons. The minimum atomic E-state index is -0.558. The number of nitro groups is 1. The highest BCUT2D eigenvalue weighted by Crippen LogP contribution is 2.30. The highest BCUT2D eigenvalue weighted by atomic mass is 35.5. The van der Waals surface area contributed by atoms with Crippen molar-refractivity contribution in [1.29, 1.82) is 0 Å². The molecule has 1 aliphatic carbocycles. The lowest BCUT2D eigenvalue weighted by atomic mass is 10.1. The van der Waals surface area contributed by atoms with Crippen molar-refractivity contribution in [3.63, 3.8) is 0 Å². The van der Waals surface area contributed by atoms with Crippen LogP contribution in [0.2, 0.25) is 5.02 Å². The molecule has 1 heterocycles. The average Bonchev–Trinajstić information content (AvgIpc) is 3.29. The molecule has 1 aliphatic rings. The maximum absolute atomic E-state index is 12.4. The first-order valence-corrected chi connectivity index (χ1v) is 9.60. The predicted molar refractivity (Wildman–Crippen MR) is 106 cm³/mol. The molecule has 0 fully saturated rings. The number of fused-ring (bicyclic) bond motifs is 1. The van der Waals surface area contributed by atoms with Crippen molar-refractivity contribution < 1.29 is 9.72 Å². The molecule has 2 aromatic carbocycles. The molecule has 136 valence electrons. The van der Waals surface area contributed by atoms with Crippen LogP contribution in [0.4, 0.5) is 10.8 Å². The first kappa shape index (κ1) is 17.6. The van der Waals surface area contributed by atoms with Crippen LogP contribution in [0.25, 0.3) is 11.3 Å². The van der Waals surface area contributed by atoms with Gasteiger partial charge in [-0.25, -0.2) is 4.98 Å². The van der Waals surface area contributed by atoms with E-state index in [1.165, 1.54) is 41.0 Å². The second-order valence-electron chi connectivity index (χ2n) is 6.25. The number of aromatic nitrogens is 1. The lowest BCUT2D eigenvalue weighted by Crippen LogP contribution is -2.12. The first-order valence-electron chi connectivity index (χ1n) is 8.34. The lowest BCUT2D eigenvalue weighted by Gasteiger charge is -2.04. The summed E-state index contributed by atoms with van der Waals surface area (Å²) in [7, 11) is 0. The molecule has 0 bridgehead atoms. The van der Waals surface area contributed by atoms with E-state index in [1.54, 1.807) is 0 Å². The molecular formula is C19H14ClN3O3S. The van der Waals surface area contributed by atoms with Gasteiger partial charge in [0.15, 0.2) is 5.13 Å². The van der Waals surface area contributed by atoms with E-state index in [1.807, 2.05) is 5.38 Å². The standard InChI is InChI=1S/C19H14ClN3O3S/c20-16-9-14(23(25)26)6-7-15(16)18(24)22-19-21-17(10-27-19)13-5-4-11-2-1-3-12(11)8-13/h4-10H,1-3H2,(H,21,22,24). The Kier molecular flexibility index (Phi) is 4.63. The number of nitrogens with zero attached hydrogens (tertiary/aromatic N) is 2. The number of benzene rings is 2. The number of hydrogen-bond donors (Lipinski definition) is 1. The third-order valence-electron chi connectivity index (χ3n) is 4.53. The van der Waals surface area contributed by atoms with Crippen LogP contribution in [-0.2, 0) is 12.8 Å². The summed E-state index contributed by atoms with van der Waals surface area (Å²) < 4.78 is 0. The van der Waals surface area contributed by atoms with Gasteiger partial charge in [0.05, 0.1) is 21.2 Å². The average molecular weight is 400 g/mol. The fourth-order valence-electron chi connectivity index (χ4n) is 3.16. The van der Waals surface area contributed by atoms with Crippen molar-refractivity contribution in [3.05, 3.63) is 73.6 Å². The number of rotatable bonds is 4. The summed E-state index contributed by atoms with van der Waals surface area (Å²) in [6.07, 6.45) is 3.41. The number of halogens is 1. The van der Waals surface area contributed by atoms with Crippen LogP contribution in [0.5, 0.6) is 0 Å². The Labute approximate surface area is 164 Å². The van der Waals surface area contributed by atoms with E-state index < -0.39 is 10.8 Å². The highest BCUT2D eigenvalue weighted by Gasteiger charge is 2.17. The van der Waals surface area contributed by atoms with Gasteiger partial charge in [-0.15, -0.1) is 11.3 Å². The fourth-order valence-corrected chi connectivity index (χ4v) is 4.14. The van der Waals surface area contributed by atoms with E-state index in [0.717, 1.165) is 30.2 Å². The molecule has 3 aromatic rings. The van der Waals surface area contributed by atoms with Gasteiger partial charge in [-0.3, -0.25) is 20.2 Å². The van der Waals surface area contributed by atoms with Crippen molar-refractivity contribution in [2.75, 3.05) is 5.32 Å². The number of nitro benzene ring substituents is 1. The monoisotopic (exact) mass is 399 g/mol. The normalized spacial score (nSPS) is 12.6. The number of amides is 1. The second-order valence-corrected chi connectivity index (χ2v) is 7.52.